The summed E-state index contributed by atoms with van der Waals surface area (Å²) in [6.07, 6.45) is 8.59. The second-order valence-electron chi connectivity index (χ2n) is 7.70. The summed E-state index contributed by atoms with van der Waals surface area (Å²) in [5.74, 6) is 0.601. The van der Waals surface area contributed by atoms with Crippen molar-refractivity contribution in [2.24, 2.45) is 0 Å². The molecule has 0 bridgehead atoms. The molecule has 1 aliphatic heterocycles. The van der Waals surface area contributed by atoms with Crippen LogP contribution in [-0.2, 0) is 16.0 Å². The summed E-state index contributed by atoms with van der Waals surface area (Å²) in [6, 6.07) is 7.70. The van der Waals surface area contributed by atoms with Crippen LogP contribution in [0.25, 0.3) is 6.08 Å². The Kier molecular flexibility index (Phi) is 8.34. The van der Waals surface area contributed by atoms with E-state index in [-0.39, 0.29) is 18.4 Å². The minimum atomic E-state index is -0.384. The summed E-state index contributed by atoms with van der Waals surface area (Å²) >= 11 is 13.5. The Morgan fingerprint density at radius 1 is 1.24 bits per heavy atom. The van der Waals surface area contributed by atoms with Crippen LogP contribution in [0.3, 0.4) is 0 Å². The van der Waals surface area contributed by atoms with Gasteiger partial charge < -0.3 is 4.74 Å². The van der Waals surface area contributed by atoms with Gasteiger partial charge in [0.15, 0.2) is 0 Å². The van der Waals surface area contributed by atoms with Crippen molar-refractivity contribution < 1.29 is 14.3 Å². The predicted octanol–water partition coefficient (Wildman–Crippen LogP) is 4.87. The molecule has 4 rings (SSSR count). The molecule has 2 aromatic rings. The summed E-state index contributed by atoms with van der Waals surface area (Å²) in [5.41, 5.74) is 0.872. The van der Waals surface area contributed by atoms with Gasteiger partial charge in [-0.3, -0.25) is 19.8 Å². The van der Waals surface area contributed by atoms with Gasteiger partial charge in [0.25, 0.3) is 5.91 Å². The third-order valence-corrected chi connectivity index (χ3v) is 7.69. The van der Waals surface area contributed by atoms with E-state index in [1.165, 1.54) is 47.3 Å². The maximum absolute atomic E-state index is 12.8. The van der Waals surface area contributed by atoms with Crippen molar-refractivity contribution in [1.29, 1.82) is 0 Å². The summed E-state index contributed by atoms with van der Waals surface area (Å²) in [7, 11) is 0. The number of halogens is 1. The first kappa shape index (κ1) is 24.1. The van der Waals surface area contributed by atoms with Crippen LogP contribution >= 0.6 is 46.9 Å². The van der Waals surface area contributed by atoms with Crippen molar-refractivity contribution >= 4 is 74.3 Å². The largest absolute Gasteiger partial charge is 0.490 e. The fraction of sp³-hybridized carbons (Fsp3) is 0.409. The standard InChI is InChI=1S/C22H23ClN4O3S3/c23-11-10-19-25-26-21(33-19)24-18(28)13-27-20(29)17(32-22(27)31)12-14-6-8-16(9-7-14)30-15-4-2-1-3-5-15/h6-9,12,15H,1-5,10-11,13H2,(H,24,26,28)/b17-12-. The van der Waals surface area contributed by atoms with Crippen LogP contribution in [0.15, 0.2) is 29.2 Å². The first-order valence-corrected chi connectivity index (χ1v) is 13.3. The number of aryl methyl sites for hydroxylation is 1. The SMILES string of the molecule is O=C(CN1C(=O)/C(=C/c2ccc(OC3CCCCC3)cc2)SC1=S)Nc1nnc(CCCl)s1. The lowest BCUT2D eigenvalue weighted by molar-refractivity contribution is -0.126. The van der Waals surface area contributed by atoms with Gasteiger partial charge in [-0.2, -0.15) is 0 Å². The normalized spacial score (nSPS) is 18.2. The van der Waals surface area contributed by atoms with Gasteiger partial charge in [-0.15, -0.1) is 21.8 Å². The number of nitrogens with zero attached hydrogens (tertiary/aromatic N) is 3. The Bertz CT molecular complexity index is 1050. The van der Waals surface area contributed by atoms with E-state index in [0.717, 1.165) is 29.2 Å². The molecule has 2 aliphatic rings. The minimum absolute atomic E-state index is 0.180. The smallest absolute Gasteiger partial charge is 0.266 e. The van der Waals surface area contributed by atoms with Crippen molar-refractivity contribution in [3.63, 3.8) is 0 Å². The third-order valence-electron chi connectivity index (χ3n) is 5.23. The average molecular weight is 523 g/mol. The van der Waals surface area contributed by atoms with Gasteiger partial charge >= 0.3 is 0 Å². The molecule has 0 spiro atoms. The fourth-order valence-electron chi connectivity index (χ4n) is 3.59. The Hall–Kier alpha value is -2.01. The highest BCUT2D eigenvalue weighted by atomic mass is 35.5. The lowest BCUT2D eigenvalue weighted by atomic mass is 9.98. The number of alkyl halides is 1. The maximum Gasteiger partial charge on any atom is 0.266 e. The van der Waals surface area contributed by atoms with E-state index in [4.69, 9.17) is 28.6 Å². The number of anilines is 1. The number of nitrogens with one attached hydrogen (secondary N) is 1. The van der Waals surface area contributed by atoms with Crippen molar-refractivity contribution in [3.8, 4) is 5.75 Å². The fourth-order valence-corrected chi connectivity index (χ4v) is 5.90. The van der Waals surface area contributed by atoms with Crippen molar-refractivity contribution in [1.82, 2.24) is 15.1 Å². The number of aromatic nitrogens is 2. The number of carbonyl (C=O) groups is 2. The predicted molar refractivity (Wildman–Crippen MR) is 137 cm³/mol. The highest BCUT2D eigenvalue weighted by molar-refractivity contribution is 8.26. The molecule has 7 nitrogen and oxygen atoms in total. The summed E-state index contributed by atoms with van der Waals surface area (Å²) < 4.78 is 6.41. The Balaban J connectivity index is 1.34. The molecule has 1 aromatic carbocycles. The molecular formula is C22H23ClN4O3S3. The molecule has 0 unspecified atom stereocenters. The summed E-state index contributed by atoms with van der Waals surface area (Å²) in [4.78, 5) is 27.0. The number of carbonyl (C=O) groups excluding carboxylic acids is 2. The Labute approximate surface area is 210 Å². The van der Waals surface area contributed by atoms with E-state index in [0.29, 0.717) is 32.8 Å². The number of benzene rings is 1. The molecule has 1 aliphatic carbocycles. The van der Waals surface area contributed by atoms with E-state index in [1.54, 1.807) is 6.08 Å². The maximum atomic E-state index is 12.8. The van der Waals surface area contributed by atoms with Crippen molar-refractivity contribution in [2.75, 3.05) is 17.7 Å². The van der Waals surface area contributed by atoms with Crippen LogP contribution in [0.4, 0.5) is 5.13 Å². The molecule has 11 heteroatoms. The monoisotopic (exact) mass is 522 g/mol. The highest BCUT2D eigenvalue weighted by Crippen LogP contribution is 2.33. The van der Waals surface area contributed by atoms with Crippen LogP contribution in [0, 0.1) is 0 Å². The molecule has 1 aromatic heterocycles. The topological polar surface area (TPSA) is 84.4 Å². The zero-order chi connectivity index (χ0) is 23.2. The zero-order valence-corrected chi connectivity index (χ0v) is 21.0. The van der Waals surface area contributed by atoms with Crippen molar-refractivity contribution in [3.05, 3.63) is 39.7 Å². The van der Waals surface area contributed by atoms with E-state index >= 15 is 0 Å². The first-order valence-electron chi connectivity index (χ1n) is 10.7. The van der Waals surface area contributed by atoms with Crippen molar-refractivity contribution in [2.45, 2.75) is 44.6 Å². The van der Waals surface area contributed by atoms with Gasteiger partial charge in [0.2, 0.25) is 11.0 Å². The number of ether oxygens (including phenoxy) is 1. The Morgan fingerprint density at radius 2 is 2.00 bits per heavy atom. The number of amides is 2. The third kappa shape index (κ3) is 6.53. The molecule has 2 heterocycles. The summed E-state index contributed by atoms with van der Waals surface area (Å²) in [5, 5.41) is 11.6. The van der Waals surface area contributed by atoms with Gasteiger partial charge in [0, 0.05) is 12.3 Å². The molecule has 0 radical (unpaired) electrons. The summed E-state index contributed by atoms with van der Waals surface area (Å²) in [6.45, 7) is -0.180. The molecule has 1 saturated carbocycles. The second-order valence-corrected chi connectivity index (χ2v) is 10.8. The number of hydrogen-bond acceptors (Lipinski definition) is 8. The molecule has 1 N–H and O–H groups in total. The molecule has 33 heavy (non-hydrogen) atoms. The van der Waals surface area contributed by atoms with E-state index in [9.17, 15) is 9.59 Å². The number of rotatable bonds is 8. The van der Waals surface area contributed by atoms with Crippen LogP contribution < -0.4 is 10.1 Å². The number of hydrogen-bond donors (Lipinski definition) is 1. The highest BCUT2D eigenvalue weighted by Gasteiger charge is 2.33. The molecule has 0 atom stereocenters. The molecule has 1 saturated heterocycles. The lowest BCUT2D eigenvalue weighted by Crippen LogP contribution is -2.36. The Morgan fingerprint density at radius 3 is 2.73 bits per heavy atom. The number of thiocarbonyl (C=S) groups is 1. The number of thioether (sulfide) groups is 1. The van der Waals surface area contributed by atoms with Crippen LogP contribution in [0.1, 0.15) is 42.7 Å². The van der Waals surface area contributed by atoms with Crippen LogP contribution in [0.5, 0.6) is 5.75 Å². The van der Waals surface area contributed by atoms with Gasteiger partial charge in [-0.05, 0) is 49.5 Å². The van der Waals surface area contributed by atoms with Gasteiger partial charge in [0.05, 0.1) is 11.0 Å². The first-order chi connectivity index (χ1) is 16.0. The minimum Gasteiger partial charge on any atom is -0.490 e. The van der Waals surface area contributed by atoms with Gasteiger partial charge in [-0.1, -0.05) is 53.9 Å². The molecular weight excluding hydrogens is 500 g/mol. The second kappa shape index (κ2) is 11.4. The quantitative estimate of drug-likeness (QED) is 0.301. The van der Waals surface area contributed by atoms with Gasteiger partial charge in [-0.25, -0.2) is 0 Å². The molecule has 174 valence electrons. The van der Waals surface area contributed by atoms with E-state index < -0.39 is 0 Å². The molecule has 2 fully saturated rings. The molecule has 2 amide bonds. The van der Waals surface area contributed by atoms with E-state index in [2.05, 4.69) is 15.5 Å². The zero-order valence-electron chi connectivity index (χ0n) is 17.8. The van der Waals surface area contributed by atoms with Crippen LogP contribution in [0.2, 0.25) is 0 Å². The van der Waals surface area contributed by atoms with Gasteiger partial charge in [0.1, 0.15) is 21.6 Å². The lowest BCUT2D eigenvalue weighted by Gasteiger charge is -2.22. The van der Waals surface area contributed by atoms with E-state index in [1.807, 2.05) is 24.3 Å². The van der Waals surface area contributed by atoms with Crippen LogP contribution in [-0.4, -0.2) is 49.8 Å². The average Bonchev–Trinajstić information content (AvgIpc) is 3.35.